The molecule has 0 radical (unpaired) electrons. The van der Waals surface area contributed by atoms with Crippen LogP contribution >= 0.6 is 11.6 Å². The Bertz CT molecular complexity index is 1080. The average molecular weight is 401 g/mol. The van der Waals surface area contributed by atoms with Crippen LogP contribution in [0.2, 0.25) is 5.15 Å². The number of halogens is 1. The van der Waals surface area contributed by atoms with Crippen LogP contribution < -0.4 is 5.32 Å². The van der Waals surface area contributed by atoms with Crippen LogP contribution in [0.3, 0.4) is 0 Å². The minimum Gasteiger partial charge on any atom is -0.307 e. The lowest BCUT2D eigenvalue weighted by atomic mass is 10.2. The highest BCUT2D eigenvalue weighted by Gasteiger charge is 2.13. The Kier molecular flexibility index (Phi) is 5.27. The van der Waals surface area contributed by atoms with Crippen molar-refractivity contribution in [1.29, 1.82) is 0 Å². The molecule has 1 aromatic carbocycles. The normalized spacial score (nSPS) is 11.1. The van der Waals surface area contributed by atoms with Gasteiger partial charge < -0.3 is 5.32 Å². The van der Waals surface area contributed by atoms with E-state index in [1.165, 1.54) is 27.6 Å². The SMILES string of the molecule is Cc1cc(NC(=O)/C=C/c2c(C)nn(C)c2Cl)n(-c2ccc([N+](=O)[O-])cc2)n1. The van der Waals surface area contributed by atoms with E-state index in [9.17, 15) is 14.9 Å². The zero-order chi connectivity index (χ0) is 20.4. The van der Waals surface area contributed by atoms with Gasteiger partial charge in [0.05, 0.1) is 22.0 Å². The Labute approximate surface area is 165 Å². The van der Waals surface area contributed by atoms with E-state index in [4.69, 9.17) is 11.6 Å². The molecule has 0 unspecified atom stereocenters. The maximum atomic E-state index is 12.4. The van der Waals surface area contributed by atoms with Gasteiger partial charge in [0.15, 0.2) is 0 Å². The summed E-state index contributed by atoms with van der Waals surface area (Å²) in [5, 5.41) is 22.5. The smallest absolute Gasteiger partial charge is 0.269 e. The summed E-state index contributed by atoms with van der Waals surface area (Å²) in [5.41, 5.74) is 2.63. The minimum absolute atomic E-state index is 0.0233. The quantitative estimate of drug-likeness (QED) is 0.401. The van der Waals surface area contributed by atoms with Gasteiger partial charge in [0.25, 0.3) is 5.69 Å². The molecule has 0 atom stereocenters. The molecule has 28 heavy (non-hydrogen) atoms. The third kappa shape index (κ3) is 3.94. The third-order valence-corrected chi connectivity index (χ3v) is 4.43. The first kappa shape index (κ1) is 19.3. The molecule has 9 nitrogen and oxygen atoms in total. The summed E-state index contributed by atoms with van der Waals surface area (Å²) >= 11 is 6.16. The first-order valence-corrected chi connectivity index (χ1v) is 8.63. The number of nitrogens with one attached hydrogen (secondary N) is 1. The maximum absolute atomic E-state index is 12.4. The van der Waals surface area contributed by atoms with Crippen LogP contribution in [0.4, 0.5) is 11.5 Å². The van der Waals surface area contributed by atoms with Crippen molar-refractivity contribution in [1.82, 2.24) is 19.6 Å². The fraction of sp³-hybridized carbons (Fsp3) is 0.167. The van der Waals surface area contributed by atoms with Crippen molar-refractivity contribution in [3.05, 3.63) is 68.6 Å². The van der Waals surface area contributed by atoms with Gasteiger partial charge in [-0.3, -0.25) is 19.6 Å². The van der Waals surface area contributed by atoms with Crippen LogP contribution in [0.1, 0.15) is 17.0 Å². The molecule has 3 aromatic rings. The monoisotopic (exact) mass is 400 g/mol. The fourth-order valence-electron chi connectivity index (χ4n) is 2.66. The summed E-state index contributed by atoms with van der Waals surface area (Å²) in [5.74, 6) is 0.0670. The lowest BCUT2D eigenvalue weighted by Gasteiger charge is -2.07. The summed E-state index contributed by atoms with van der Waals surface area (Å²) in [6.07, 6.45) is 2.96. The van der Waals surface area contributed by atoms with Crippen molar-refractivity contribution in [2.75, 3.05) is 5.32 Å². The van der Waals surface area contributed by atoms with Gasteiger partial charge in [-0.2, -0.15) is 10.2 Å². The third-order valence-electron chi connectivity index (χ3n) is 3.99. The molecule has 2 aromatic heterocycles. The minimum atomic E-state index is -0.475. The molecule has 10 heteroatoms. The van der Waals surface area contributed by atoms with Gasteiger partial charge in [-0.15, -0.1) is 0 Å². The summed E-state index contributed by atoms with van der Waals surface area (Å²) < 4.78 is 3.04. The van der Waals surface area contributed by atoms with E-state index in [0.29, 0.717) is 33.6 Å². The van der Waals surface area contributed by atoms with Gasteiger partial charge >= 0.3 is 0 Å². The number of non-ortho nitro benzene ring substituents is 1. The molecule has 0 saturated heterocycles. The molecule has 0 aliphatic carbocycles. The molecule has 0 spiro atoms. The number of aryl methyl sites for hydroxylation is 3. The highest BCUT2D eigenvalue weighted by Crippen LogP contribution is 2.22. The molecular formula is C18H17ClN6O3. The van der Waals surface area contributed by atoms with Crippen LogP contribution in [-0.2, 0) is 11.8 Å². The van der Waals surface area contributed by atoms with Crippen molar-refractivity contribution in [3.63, 3.8) is 0 Å². The number of nitrogens with zero attached hydrogens (tertiary/aromatic N) is 5. The second-order valence-corrected chi connectivity index (χ2v) is 6.45. The van der Waals surface area contributed by atoms with E-state index in [1.54, 1.807) is 45.2 Å². The highest BCUT2D eigenvalue weighted by atomic mass is 35.5. The molecular weight excluding hydrogens is 384 g/mol. The lowest BCUT2D eigenvalue weighted by molar-refractivity contribution is -0.384. The number of hydrogen-bond acceptors (Lipinski definition) is 5. The van der Waals surface area contributed by atoms with E-state index in [1.807, 2.05) is 0 Å². The summed E-state index contributed by atoms with van der Waals surface area (Å²) in [6.45, 7) is 3.59. The number of carbonyl (C=O) groups is 1. The first-order valence-electron chi connectivity index (χ1n) is 8.26. The summed E-state index contributed by atoms with van der Waals surface area (Å²) in [7, 11) is 1.72. The number of aromatic nitrogens is 4. The van der Waals surface area contributed by atoms with Gasteiger partial charge in [-0.05, 0) is 32.1 Å². The van der Waals surface area contributed by atoms with Crippen LogP contribution in [-0.4, -0.2) is 30.4 Å². The summed E-state index contributed by atoms with van der Waals surface area (Å²) in [6, 6.07) is 7.59. The predicted molar refractivity (Wildman–Crippen MR) is 106 cm³/mol. The molecule has 0 bridgehead atoms. The Morgan fingerprint density at radius 2 is 1.93 bits per heavy atom. The van der Waals surface area contributed by atoms with Gasteiger partial charge in [0, 0.05) is 36.9 Å². The Morgan fingerprint density at radius 1 is 1.25 bits per heavy atom. The first-order chi connectivity index (χ1) is 13.3. The van der Waals surface area contributed by atoms with E-state index in [0.717, 1.165) is 0 Å². The predicted octanol–water partition coefficient (Wildman–Crippen LogP) is 3.44. The summed E-state index contributed by atoms with van der Waals surface area (Å²) in [4.78, 5) is 22.7. The van der Waals surface area contributed by atoms with Gasteiger partial charge in [-0.25, -0.2) is 4.68 Å². The number of nitro groups is 1. The molecule has 2 heterocycles. The van der Waals surface area contributed by atoms with Crippen molar-refractivity contribution >= 4 is 35.1 Å². The molecule has 0 fully saturated rings. The van der Waals surface area contributed by atoms with Crippen LogP contribution in [0.15, 0.2) is 36.4 Å². The molecule has 0 aliphatic rings. The number of anilines is 1. The van der Waals surface area contributed by atoms with Gasteiger partial charge in [-0.1, -0.05) is 11.6 Å². The molecule has 1 amide bonds. The molecule has 3 rings (SSSR count). The molecule has 0 saturated carbocycles. The number of carbonyl (C=O) groups excluding carboxylic acids is 1. The number of benzene rings is 1. The van der Waals surface area contributed by atoms with Gasteiger partial charge in [0.2, 0.25) is 5.91 Å². The average Bonchev–Trinajstić information content (AvgIpc) is 3.12. The fourth-order valence-corrected chi connectivity index (χ4v) is 2.90. The van der Waals surface area contributed by atoms with Crippen LogP contribution in [0.25, 0.3) is 11.8 Å². The van der Waals surface area contributed by atoms with E-state index >= 15 is 0 Å². The Hall–Kier alpha value is -3.46. The number of rotatable bonds is 5. The van der Waals surface area contributed by atoms with Crippen molar-refractivity contribution < 1.29 is 9.72 Å². The van der Waals surface area contributed by atoms with Crippen LogP contribution in [0.5, 0.6) is 0 Å². The van der Waals surface area contributed by atoms with E-state index in [-0.39, 0.29) is 11.6 Å². The number of nitro benzene ring substituents is 1. The second-order valence-electron chi connectivity index (χ2n) is 6.09. The molecule has 1 N–H and O–H groups in total. The Balaban J connectivity index is 1.82. The topological polar surface area (TPSA) is 108 Å². The molecule has 144 valence electrons. The van der Waals surface area contributed by atoms with Crippen LogP contribution in [0, 0.1) is 24.0 Å². The van der Waals surface area contributed by atoms with Crippen molar-refractivity contribution in [2.45, 2.75) is 13.8 Å². The van der Waals surface area contributed by atoms with E-state index in [2.05, 4.69) is 15.5 Å². The lowest BCUT2D eigenvalue weighted by Crippen LogP contribution is -2.12. The number of amides is 1. The standard InChI is InChI=1S/C18H17ClN6O3/c1-11-10-16(24(21-11)13-4-6-14(7-5-13)25(27)28)20-17(26)9-8-15-12(2)22-23(3)18(15)19/h4-10H,1-3H3,(H,20,26)/b9-8+. The highest BCUT2D eigenvalue weighted by molar-refractivity contribution is 6.31. The van der Waals surface area contributed by atoms with Crippen molar-refractivity contribution in [3.8, 4) is 5.69 Å². The van der Waals surface area contributed by atoms with E-state index < -0.39 is 4.92 Å². The largest absolute Gasteiger partial charge is 0.307 e. The number of hydrogen-bond donors (Lipinski definition) is 1. The zero-order valence-corrected chi connectivity index (χ0v) is 16.1. The zero-order valence-electron chi connectivity index (χ0n) is 15.4. The van der Waals surface area contributed by atoms with Gasteiger partial charge in [0.1, 0.15) is 11.0 Å². The van der Waals surface area contributed by atoms with Crippen molar-refractivity contribution in [2.24, 2.45) is 7.05 Å². The maximum Gasteiger partial charge on any atom is 0.269 e. The Morgan fingerprint density at radius 3 is 2.50 bits per heavy atom. The molecule has 0 aliphatic heterocycles. The second kappa shape index (κ2) is 7.65.